The van der Waals surface area contributed by atoms with Crippen LogP contribution in [0.3, 0.4) is 0 Å². The van der Waals surface area contributed by atoms with Crippen LogP contribution in [0.1, 0.15) is 56.0 Å². The first-order valence-electron chi connectivity index (χ1n) is 7.99. The number of aliphatic hydroxyl groups is 1. The Hall–Kier alpha value is -1.92. The van der Waals surface area contributed by atoms with E-state index in [0.717, 1.165) is 10.6 Å². The van der Waals surface area contributed by atoms with Gasteiger partial charge in [-0.2, -0.15) is 0 Å². The number of carbonyl (C=O) groups excluding carboxylic acids is 1. The second kappa shape index (κ2) is 7.77. The van der Waals surface area contributed by atoms with Gasteiger partial charge in [0.15, 0.2) is 0 Å². The first-order valence-corrected chi connectivity index (χ1v) is 8.87. The fourth-order valence-corrected chi connectivity index (χ4v) is 2.92. The zero-order valence-electron chi connectivity index (χ0n) is 14.5. The predicted octanol–water partition coefficient (Wildman–Crippen LogP) is 3.53. The predicted molar refractivity (Wildman–Crippen MR) is 97.2 cm³/mol. The van der Waals surface area contributed by atoms with Gasteiger partial charge in [-0.15, -0.1) is 11.3 Å². The number of amides is 2. The molecule has 0 aliphatic rings. The van der Waals surface area contributed by atoms with Crippen molar-refractivity contribution in [3.05, 3.63) is 52.0 Å². The fraction of sp³-hybridized carbons (Fsp3) is 0.444. The molecule has 0 aliphatic heterocycles. The number of aliphatic hydroxyl groups excluding tert-OH is 1. The number of thiazole rings is 1. The third-order valence-electron chi connectivity index (χ3n) is 3.79. The Kier molecular flexibility index (Phi) is 5.96. The number of urea groups is 1. The maximum Gasteiger partial charge on any atom is 0.315 e. The van der Waals surface area contributed by atoms with Gasteiger partial charge in [0, 0.05) is 18.1 Å². The number of rotatable bonds is 5. The number of hydrogen-bond acceptors (Lipinski definition) is 4. The Balaban J connectivity index is 1.84. The summed E-state index contributed by atoms with van der Waals surface area (Å²) in [5, 5.41) is 18.5. The average Bonchev–Trinajstić information content (AvgIpc) is 3.06. The number of aromatic nitrogens is 1. The van der Waals surface area contributed by atoms with E-state index in [4.69, 9.17) is 0 Å². The topological polar surface area (TPSA) is 74.2 Å². The lowest BCUT2D eigenvalue weighted by atomic mass is 9.86. The molecule has 0 spiro atoms. The molecule has 2 aromatic rings. The lowest BCUT2D eigenvalue weighted by molar-refractivity contribution is 0.172. The van der Waals surface area contributed by atoms with Crippen molar-refractivity contribution in [3.8, 4) is 0 Å². The van der Waals surface area contributed by atoms with E-state index in [0.29, 0.717) is 0 Å². The van der Waals surface area contributed by atoms with Gasteiger partial charge in [0.05, 0.1) is 12.1 Å². The highest BCUT2D eigenvalue weighted by Gasteiger charge is 2.16. The van der Waals surface area contributed by atoms with Crippen LogP contribution in [0.25, 0.3) is 0 Å². The zero-order valence-corrected chi connectivity index (χ0v) is 15.4. The van der Waals surface area contributed by atoms with Crippen molar-refractivity contribution in [2.24, 2.45) is 0 Å². The maximum absolute atomic E-state index is 11.9. The summed E-state index contributed by atoms with van der Waals surface area (Å²) in [6, 6.07) is 7.37. The molecule has 1 heterocycles. The number of nitrogens with zero attached hydrogens (tertiary/aromatic N) is 1. The Morgan fingerprint density at radius 3 is 2.50 bits per heavy atom. The highest BCUT2D eigenvalue weighted by molar-refractivity contribution is 7.09. The van der Waals surface area contributed by atoms with E-state index < -0.39 is 6.10 Å². The van der Waals surface area contributed by atoms with Crippen molar-refractivity contribution in [2.75, 3.05) is 6.54 Å². The number of carbonyl (C=O) groups is 1. The third kappa shape index (κ3) is 5.04. The van der Waals surface area contributed by atoms with Gasteiger partial charge < -0.3 is 15.7 Å². The summed E-state index contributed by atoms with van der Waals surface area (Å²) in [6.07, 6.45) is 0.973. The van der Waals surface area contributed by atoms with Gasteiger partial charge in [-0.3, -0.25) is 0 Å². The van der Waals surface area contributed by atoms with Crippen molar-refractivity contribution in [1.29, 1.82) is 0 Å². The molecule has 24 heavy (non-hydrogen) atoms. The van der Waals surface area contributed by atoms with Gasteiger partial charge in [0.2, 0.25) is 0 Å². The second-order valence-electron chi connectivity index (χ2n) is 6.83. The van der Waals surface area contributed by atoms with Crippen LogP contribution in [-0.4, -0.2) is 22.7 Å². The fourth-order valence-electron chi connectivity index (χ4n) is 2.27. The van der Waals surface area contributed by atoms with Crippen LogP contribution in [0.2, 0.25) is 0 Å². The molecule has 0 saturated heterocycles. The van der Waals surface area contributed by atoms with Crippen LogP contribution in [0, 0.1) is 0 Å². The van der Waals surface area contributed by atoms with E-state index in [1.54, 1.807) is 6.20 Å². The maximum atomic E-state index is 11.9. The second-order valence-corrected chi connectivity index (χ2v) is 7.76. The summed E-state index contributed by atoms with van der Waals surface area (Å²) in [7, 11) is 0. The molecule has 0 bridgehead atoms. The minimum atomic E-state index is -0.736. The van der Waals surface area contributed by atoms with Gasteiger partial charge in [-0.1, -0.05) is 45.0 Å². The minimum absolute atomic E-state index is 0.0770. The molecule has 0 saturated carbocycles. The van der Waals surface area contributed by atoms with E-state index in [-0.39, 0.29) is 24.0 Å². The molecule has 2 amide bonds. The van der Waals surface area contributed by atoms with E-state index in [1.165, 1.54) is 16.9 Å². The first-order chi connectivity index (χ1) is 11.3. The van der Waals surface area contributed by atoms with Gasteiger partial charge in [0.25, 0.3) is 0 Å². The molecular formula is C18H25N3O2S. The Morgan fingerprint density at radius 1 is 1.29 bits per heavy atom. The van der Waals surface area contributed by atoms with E-state index >= 15 is 0 Å². The van der Waals surface area contributed by atoms with Crippen molar-refractivity contribution in [2.45, 2.75) is 45.3 Å². The molecule has 1 aromatic heterocycles. The molecule has 2 atom stereocenters. The summed E-state index contributed by atoms with van der Waals surface area (Å²) in [6.45, 7) is 8.47. The molecule has 6 heteroatoms. The Morgan fingerprint density at radius 2 is 1.96 bits per heavy atom. The normalized spacial score (nSPS) is 14.0. The summed E-state index contributed by atoms with van der Waals surface area (Å²) in [4.78, 5) is 16.1. The largest absolute Gasteiger partial charge is 0.387 e. The summed E-state index contributed by atoms with van der Waals surface area (Å²) >= 11 is 1.49. The molecule has 3 N–H and O–H groups in total. The van der Waals surface area contributed by atoms with Crippen LogP contribution in [0.15, 0.2) is 35.8 Å². The molecule has 0 unspecified atom stereocenters. The van der Waals surface area contributed by atoms with E-state index in [2.05, 4.69) is 36.4 Å². The molecule has 5 nitrogen and oxygen atoms in total. The summed E-state index contributed by atoms with van der Waals surface area (Å²) in [5.74, 6) is 0. The van der Waals surface area contributed by atoms with E-state index in [1.807, 2.05) is 36.6 Å². The van der Waals surface area contributed by atoms with E-state index in [9.17, 15) is 9.90 Å². The summed E-state index contributed by atoms with van der Waals surface area (Å²) < 4.78 is 0. The Bertz CT molecular complexity index is 648. The third-order valence-corrected chi connectivity index (χ3v) is 4.75. The number of hydrogen-bond donors (Lipinski definition) is 3. The smallest absolute Gasteiger partial charge is 0.315 e. The molecule has 130 valence electrons. The average molecular weight is 347 g/mol. The SMILES string of the molecule is C[C@@H](NC(=O)NC[C@@H](O)c1ccc(C(C)(C)C)cc1)c1nccs1. The van der Waals surface area contributed by atoms with Crippen molar-refractivity contribution in [1.82, 2.24) is 15.6 Å². The van der Waals surface area contributed by atoms with Gasteiger partial charge >= 0.3 is 6.03 Å². The van der Waals surface area contributed by atoms with Crippen LogP contribution in [-0.2, 0) is 5.41 Å². The van der Waals surface area contributed by atoms with Crippen molar-refractivity contribution < 1.29 is 9.90 Å². The van der Waals surface area contributed by atoms with Crippen LogP contribution >= 0.6 is 11.3 Å². The highest BCUT2D eigenvalue weighted by Crippen LogP contribution is 2.23. The molecular weight excluding hydrogens is 322 g/mol. The standard InChI is InChI=1S/C18H25N3O2S/c1-12(16-19-9-10-24-16)21-17(23)20-11-15(22)13-5-7-14(8-6-13)18(2,3)4/h5-10,12,15,22H,11H2,1-4H3,(H2,20,21,23)/t12-,15-/m1/s1. The highest BCUT2D eigenvalue weighted by atomic mass is 32.1. The van der Waals surface area contributed by atoms with Gasteiger partial charge in [-0.25, -0.2) is 9.78 Å². The van der Waals surface area contributed by atoms with Gasteiger partial charge in [-0.05, 0) is 23.5 Å². The van der Waals surface area contributed by atoms with Crippen LogP contribution < -0.4 is 10.6 Å². The number of benzene rings is 1. The van der Waals surface area contributed by atoms with Crippen molar-refractivity contribution >= 4 is 17.4 Å². The number of nitrogens with one attached hydrogen (secondary N) is 2. The quantitative estimate of drug-likeness (QED) is 0.774. The van der Waals surface area contributed by atoms with Gasteiger partial charge in [0.1, 0.15) is 5.01 Å². The minimum Gasteiger partial charge on any atom is -0.387 e. The van der Waals surface area contributed by atoms with Crippen LogP contribution in [0.5, 0.6) is 0 Å². The monoisotopic (exact) mass is 347 g/mol. The molecule has 0 radical (unpaired) electrons. The molecule has 0 aliphatic carbocycles. The van der Waals surface area contributed by atoms with Crippen molar-refractivity contribution in [3.63, 3.8) is 0 Å². The Labute approximate surface area is 147 Å². The molecule has 1 aromatic carbocycles. The molecule has 2 rings (SSSR count). The lowest BCUT2D eigenvalue weighted by Crippen LogP contribution is -2.39. The zero-order chi connectivity index (χ0) is 17.7. The summed E-state index contributed by atoms with van der Waals surface area (Å²) in [5.41, 5.74) is 2.07. The first kappa shape index (κ1) is 18.4. The lowest BCUT2D eigenvalue weighted by Gasteiger charge is -2.20. The van der Waals surface area contributed by atoms with Crippen LogP contribution in [0.4, 0.5) is 4.79 Å². The molecule has 0 fully saturated rings.